The minimum Gasteiger partial charge on any atom is -0.378 e. The lowest BCUT2D eigenvalue weighted by Gasteiger charge is -2.22. The van der Waals surface area contributed by atoms with Gasteiger partial charge in [0.2, 0.25) is 0 Å². The van der Waals surface area contributed by atoms with E-state index in [1.807, 2.05) is 13.1 Å². The number of urea groups is 1. The van der Waals surface area contributed by atoms with Gasteiger partial charge in [0, 0.05) is 32.2 Å². The van der Waals surface area contributed by atoms with Gasteiger partial charge in [0.05, 0.1) is 11.8 Å². The Balaban J connectivity index is 1.36. The fraction of sp³-hybridized carbons (Fsp3) is 0.765. The summed E-state index contributed by atoms with van der Waals surface area (Å²) in [6, 6.07) is 1.84. The largest absolute Gasteiger partial charge is 0.378 e. The van der Waals surface area contributed by atoms with E-state index < -0.39 is 0 Å². The summed E-state index contributed by atoms with van der Waals surface area (Å²) in [7, 11) is 1.87. The molecule has 1 atom stereocenters. The van der Waals surface area contributed by atoms with Crippen LogP contribution >= 0.6 is 0 Å². The van der Waals surface area contributed by atoms with Crippen molar-refractivity contribution in [3.8, 4) is 0 Å². The molecule has 0 aromatic carbocycles. The standard InChI is InChI=1S/C17H28N4O2/c1-21-16(12-15(20-21)13-6-4-7-13)19-17(22)18-10-5-9-14-8-2-3-11-23-14/h12-14H,2-11H2,1H3,(H2,18,19,22)/t14-/m1/s1. The predicted octanol–water partition coefficient (Wildman–Crippen LogP) is 3.16. The molecule has 2 heterocycles. The van der Waals surface area contributed by atoms with Crippen LogP contribution in [0.5, 0.6) is 0 Å². The van der Waals surface area contributed by atoms with Crippen LogP contribution in [0.4, 0.5) is 10.6 Å². The Morgan fingerprint density at radius 2 is 2.22 bits per heavy atom. The van der Waals surface area contributed by atoms with Gasteiger partial charge in [0.25, 0.3) is 0 Å². The number of carbonyl (C=O) groups is 1. The van der Waals surface area contributed by atoms with E-state index in [2.05, 4.69) is 15.7 Å². The van der Waals surface area contributed by atoms with Crippen LogP contribution < -0.4 is 10.6 Å². The van der Waals surface area contributed by atoms with Crippen molar-refractivity contribution in [2.75, 3.05) is 18.5 Å². The van der Waals surface area contributed by atoms with Crippen molar-refractivity contribution in [2.24, 2.45) is 7.05 Å². The zero-order valence-corrected chi connectivity index (χ0v) is 14.0. The molecule has 0 spiro atoms. The molecule has 2 amide bonds. The molecule has 2 N–H and O–H groups in total. The number of amides is 2. The molecule has 0 bridgehead atoms. The van der Waals surface area contributed by atoms with Gasteiger partial charge in [-0.15, -0.1) is 0 Å². The summed E-state index contributed by atoms with van der Waals surface area (Å²) in [6.45, 7) is 1.57. The number of hydrogen-bond donors (Lipinski definition) is 2. The number of anilines is 1. The molecular formula is C17H28N4O2. The molecule has 3 rings (SSSR count). The molecule has 1 aliphatic heterocycles. The molecule has 1 saturated heterocycles. The molecule has 23 heavy (non-hydrogen) atoms. The first-order chi connectivity index (χ1) is 11.2. The molecule has 2 fully saturated rings. The van der Waals surface area contributed by atoms with Gasteiger partial charge >= 0.3 is 6.03 Å². The second-order valence-corrected chi connectivity index (χ2v) is 6.72. The van der Waals surface area contributed by atoms with Crippen LogP contribution in [0.25, 0.3) is 0 Å². The van der Waals surface area contributed by atoms with Crippen molar-refractivity contribution in [1.82, 2.24) is 15.1 Å². The van der Waals surface area contributed by atoms with Crippen LogP contribution in [0, 0.1) is 0 Å². The van der Waals surface area contributed by atoms with Crippen LogP contribution in [0.2, 0.25) is 0 Å². The highest BCUT2D eigenvalue weighted by Gasteiger charge is 2.23. The second-order valence-electron chi connectivity index (χ2n) is 6.72. The van der Waals surface area contributed by atoms with Crippen molar-refractivity contribution in [2.45, 2.75) is 63.4 Å². The predicted molar refractivity (Wildman–Crippen MR) is 89.6 cm³/mol. The molecule has 1 aromatic rings. The number of aromatic nitrogens is 2. The van der Waals surface area contributed by atoms with Crippen molar-refractivity contribution in [3.05, 3.63) is 11.8 Å². The summed E-state index contributed by atoms with van der Waals surface area (Å²) < 4.78 is 7.45. The monoisotopic (exact) mass is 320 g/mol. The quantitative estimate of drug-likeness (QED) is 0.791. The van der Waals surface area contributed by atoms with Gasteiger partial charge in [-0.3, -0.25) is 10.00 Å². The normalized spacial score (nSPS) is 21.7. The number of nitrogens with one attached hydrogen (secondary N) is 2. The molecule has 0 unspecified atom stereocenters. The van der Waals surface area contributed by atoms with E-state index in [1.165, 1.54) is 32.1 Å². The van der Waals surface area contributed by atoms with Gasteiger partial charge in [-0.05, 0) is 44.9 Å². The van der Waals surface area contributed by atoms with Gasteiger partial charge in [0.1, 0.15) is 5.82 Å². The Bertz CT molecular complexity index is 519. The average Bonchev–Trinajstić information content (AvgIpc) is 2.83. The molecule has 6 heteroatoms. The Morgan fingerprint density at radius 1 is 1.35 bits per heavy atom. The van der Waals surface area contributed by atoms with E-state index in [-0.39, 0.29) is 6.03 Å². The van der Waals surface area contributed by atoms with Gasteiger partial charge in [-0.25, -0.2) is 4.79 Å². The third-order valence-electron chi connectivity index (χ3n) is 4.93. The van der Waals surface area contributed by atoms with Crippen molar-refractivity contribution >= 4 is 11.8 Å². The average molecular weight is 320 g/mol. The smallest absolute Gasteiger partial charge is 0.320 e. The number of carbonyl (C=O) groups excluding carboxylic acids is 1. The van der Waals surface area contributed by atoms with Crippen LogP contribution in [-0.2, 0) is 11.8 Å². The lowest BCUT2D eigenvalue weighted by molar-refractivity contribution is 0.0103. The third-order valence-corrected chi connectivity index (χ3v) is 4.93. The van der Waals surface area contributed by atoms with Gasteiger partial charge < -0.3 is 10.1 Å². The van der Waals surface area contributed by atoms with Crippen LogP contribution in [0.15, 0.2) is 6.07 Å². The topological polar surface area (TPSA) is 68.2 Å². The fourth-order valence-corrected chi connectivity index (χ4v) is 3.24. The summed E-state index contributed by atoms with van der Waals surface area (Å²) in [5.74, 6) is 1.34. The van der Waals surface area contributed by atoms with Gasteiger partial charge in [0.15, 0.2) is 0 Å². The summed E-state index contributed by atoms with van der Waals surface area (Å²) >= 11 is 0. The zero-order valence-electron chi connectivity index (χ0n) is 14.0. The first kappa shape index (κ1) is 16.3. The summed E-state index contributed by atoms with van der Waals surface area (Å²) in [5.41, 5.74) is 1.10. The number of aryl methyl sites for hydroxylation is 1. The Hall–Kier alpha value is -1.56. The first-order valence-electron chi connectivity index (χ1n) is 8.93. The molecule has 2 aliphatic rings. The third kappa shape index (κ3) is 4.47. The highest BCUT2D eigenvalue weighted by atomic mass is 16.5. The summed E-state index contributed by atoms with van der Waals surface area (Å²) in [5, 5.41) is 10.3. The van der Waals surface area contributed by atoms with E-state index in [9.17, 15) is 4.79 Å². The number of nitrogens with zero attached hydrogens (tertiary/aromatic N) is 2. The van der Waals surface area contributed by atoms with Crippen molar-refractivity contribution < 1.29 is 9.53 Å². The van der Waals surface area contributed by atoms with Crippen molar-refractivity contribution in [3.63, 3.8) is 0 Å². The highest BCUT2D eigenvalue weighted by Crippen LogP contribution is 2.36. The molecular weight excluding hydrogens is 292 g/mol. The summed E-state index contributed by atoms with van der Waals surface area (Å²) in [6.07, 6.45) is 9.69. The maximum atomic E-state index is 12.0. The Kier molecular flexibility index (Phi) is 5.54. The maximum Gasteiger partial charge on any atom is 0.320 e. The Labute approximate surface area is 138 Å². The number of ether oxygens (including phenoxy) is 1. The lowest BCUT2D eigenvalue weighted by atomic mass is 9.83. The van der Waals surface area contributed by atoms with Crippen LogP contribution in [0.1, 0.15) is 63.0 Å². The van der Waals surface area contributed by atoms with E-state index in [0.717, 1.165) is 37.4 Å². The fourth-order valence-electron chi connectivity index (χ4n) is 3.24. The van der Waals surface area contributed by atoms with Gasteiger partial charge in [-0.2, -0.15) is 5.10 Å². The second kappa shape index (κ2) is 7.81. The summed E-state index contributed by atoms with van der Waals surface area (Å²) in [4.78, 5) is 12.0. The van der Waals surface area contributed by atoms with E-state index in [4.69, 9.17) is 4.74 Å². The number of hydrogen-bond acceptors (Lipinski definition) is 3. The molecule has 1 aromatic heterocycles. The minimum atomic E-state index is -0.155. The van der Waals surface area contributed by atoms with Crippen LogP contribution in [-0.4, -0.2) is 35.1 Å². The SMILES string of the molecule is Cn1nc(C2CCC2)cc1NC(=O)NCCC[C@H]1CCCCO1. The Morgan fingerprint density at radius 3 is 2.91 bits per heavy atom. The highest BCUT2D eigenvalue weighted by molar-refractivity contribution is 5.88. The lowest BCUT2D eigenvalue weighted by Crippen LogP contribution is -2.31. The number of rotatable bonds is 6. The van der Waals surface area contributed by atoms with E-state index >= 15 is 0 Å². The van der Waals surface area contributed by atoms with E-state index in [1.54, 1.807) is 4.68 Å². The van der Waals surface area contributed by atoms with E-state index in [0.29, 0.717) is 18.6 Å². The molecule has 0 radical (unpaired) electrons. The van der Waals surface area contributed by atoms with Crippen LogP contribution in [0.3, 0.4) is 0 Å². The molecule has 6 nitrogen and oxygen atoms in total. The molecule has 1 aliphatic carbocycles. The van der Waals surface area contributed by atoms with Gasteiger partial charge in [-0.1, -0.05) is 6.42 Å². The molecule has 1 saturated carbocycles. The maximum absolute atomic E-state index is 12.0. The zero-order chi connectivity index (χ0) is 16.1. The molecule has 128 valence electrons. The first-order valence-corrected chi connectivity index (χ1v) is 8.93. The minimum absolute atomic E-state index is 0.155. The van der Waals surface area contributed by atoms with Crippen molar-refractivity contribution in [1.29, 1.82) is 0 Å².